The molecule has 0 radical (unpaired) electrons. The van der Waals surface area contributed by atoms with Crippen LogP contribution in [0.15, 0.2) is 42.5 Å². The van der Waals surface area contributed by atoms with Gasteiger partial charge in [0.1, 0.15) is 11.6 Å². The highest BCUT2D eigenvalue weighted by Gasteiger charge is 2.30. The van der Waals surface area contributed by atoms with Crippen molar-refractivity contribution >= 4 is 6.03 Å². The molecule has 0 bridgehead atoms. The van der Waals surface area contributed by atoms with E-state index in [1.807, 2.05) is 0 Å². The van der Waals surface area contributed by atoms with Gasteiger partial charge in [0.25, 0.3) is 0 Å². The Hall–Kier alpha value is -2.77. The van der Waals surface area contributed by atoms with Gasteiger partial charge in [0.2, 0.25) is 0 Å². The maximum absolute atomic E-state index is 13.6. The number of hydrogen-bond acceptors (Lipinski definition) is 2. The van der Waals surface area contributed by atoms with Crippen molar-refractivity contribution in [2.24, 2.45) is 0 Å². The van der Waals surface area contributed by atoms with E-state index in [4.69, 9.17) is 4.74 Å². The topological polar surface area (TPSA) is 41.6 Å². The molecule has 1 aliphatic heterocycles. The van der Waals surface area contributed by atoms with E-state index in [2.05, 4.69) is 5.32 Å². The van der Waals surface area contributed by atoms with E-state index in [-0.39, 0.29) is 6.54 Å². The number of carbonyl (C=O) groups excluding carboxylic acids is 1. The second-order valence-corrected chi connectivity index (χ2v) is 6.73. The summed E-state index contributed by atoms with van der Waals surface area (Å²) in [6.45, 7) is 0.621. The zero-order valence-electron chi connectivity index (χ0n) is 15.2. The molecule has 150 valence electrons. The molecule has 0 aromatic heterocycles. The van der Waals surface area contributed by atoms with Gasteiger partial charge in [-0.1, -0.05) is 12.1 Å². The number of urea groups is 1. The van der Waals surface area contributed by atoms with Gasteiger partial charge in [-0.15, -0.1) is 0 Å². The fourth-order valence-corrected chi connectivity index (χ4v) is 3.10. The number of alkyl halides is 3. The van der Waals surface area contributed by atoms with Crippen LogP contribution in [0.1, 0.15) is 35.6 Å². The fourth-order valence-electron chi connectivity index (χ4n) is 3.10. The normalized spacial score (nSPS) is 16.5. The molecule has 0 spiro atoms. The van der Waals surface area contributed by atoms with E-state index < -0.39 is 29.6 Å². The monoisotopic (exact) mass is 396 g/mol. The standard InChI is InChI=1S/C20H20F4N2O2/c1-26(12-13-4-6-14(7-5-13)20(22,23)24)19(27)25-17-3-2-10-28-18-9-8-15(21)11-16(17)18/h4-9,11,17H,2-3,10,12H2,1H3,(H,25,27)/t17-/m0/s1. The zero-order chi connectivity index (χ0) is 20.3. The number of rotatable bonds is 3. The van der Waals surface area contributed by atoms with Crippen molar-refractivity contribution < 1.29 is 27.1 Å². The molecular formula is C20H20F4N2O2. The second-order valence-electron chi connectivity index (χ2n) is 6.73. The maximum atomic E-state index is 13.6. The predicted octanol–water partition coefficient (Wildman–Crippen LogP) is 4.90. The maximum Gasteiger partial charge on any atom is 0.416 e. The van der Waals surface area contributed by atoms with Gasteiger partial charge in [-0.25, -0.2) is 9.18 Å². The van der Waals surface area contributed by atoms with Gasteiger partial charge < -0.3 is 15.0 Å². The number of nitrogens with zero attached hydrogens (tertiary/aromatic N) is 1. The summed E-state index contributed by atoms with van der Waals surface area (Å²) in [7, 11) is 1.55. The van der Waals surface area contributed by atoms with E-state index in [9.17, 15) is 22.4 Å². The molecule has 0 fully saturated rings. The molecule has 2 aromatic rings. The molecule has 1 heterocycles. The molecule has 0 aliphatic carbocycles. The highest BCUT2D eigenvalue weighted by molar-refractivity contribution is 5.74. The van der Waals surface area contributed by atoms with Crippen molar-refractivity contribution in [3.05, 3.63) is 65.0 Å². The highest BCUT2D eigenvalue weighted by atomic mass is 19.4. The lowest BCUT2D eigenvalue weighted by atomic mass is 10.0. The fraction of sp³-hybridized carbons (Fsp3) is 0.350. The van der Waals surface area contributed by atoms with Gasteiger partial charge in [-0.2, -0.15) is 13.2 Å². The lowest BCUT2D eigenvalue weighted by Gasteiger charge is -2.24. The van der Waals surface area contributed by atoms with Crippen molar-refractivity contribution in [3.63, 3.8) is 0 Å². The van der Waals surface area contributed by atoms with E-state index in [0.717, 1.165) is 12.1 Å². The van der Waals surface area contributed by atoms with Crippen molar-refractivity contribution in [1.29, 1.82) is 0 Å². The molecule has 3 rings (SSSR count). The smallest absolute Gasteiger partial charge is 0.416 e. The van der Waals surface area contributed by atoms with Crippen LogP contribution in [0.3, 0.4) is 0 Å². The van der Waals surface area contributed by atoms with Crippen LogP contribution in [0, 0.1) is 5.82 Å². The summed E-state index contributed by atoms with van der Waals surface area (Å²) >= 11 is 0. The van der Waals surface area contributed by atoms with Crippen LogP contribution >= 0.6 is 0 Å². The summed E-state index contributed by atoms with van der Waals surface area (Å²) in [5.41, 5.74) is 0.413. The van der Waals surface area contributed by atoms with Gasteiger partial charge in [-0.3, -0.25) is 0 Å². The summed E-state index contributed by atoms with van der Waals surface area (Å²) in [5.74, 6) is 0.121. The van der Waals surface area contributed by atoms with Crippen molar-refractivity contribution in [1.82, 2.24) is 10.2 Å². The number of ether oxygens (including phenoxy) is 1. The van der Waals surface area contributed by atoms with Crippen molar-refractivity contribution in [2.75, 3.05) is 13.7 Å². The van der Waals surface area contributed by atoms with Crippen LogP contribution in [0.5, 0.6) is 5.75 Å². The quantitative estimate of drug-likeness (QED) is 0.750. The molecular weight excluding hydrogens is 376 g/mol. The molecule has 0 saturated heterocycles. The van der Waals surface area contributed by atoms with Crippen LogP contribution < -0.4 is 10.1 Å². The number of halogens is 4. The first-order valence-corrected chi connectivity index (χ1v) is 8.84. The summed E-state index contributed by atoms with van der Waals surface area (Å²) < 4.78 is 57.2. The van der Waals surface area contributed by atoms with E-state index in [0.29, 0.717) is 36.3 Å². The Morgan fingerprint density at radius 1 is 1.21 bits per heavy atom. The molecule has 1 aliphatic rings. The SMILES string of the molecule is CN(Cc1ccc(C(F)(F)F)cc1)C(=O)N[C@H]1CCCOc2ccc(F)cc21. The van der Waals surface area contributed by atoms with Gasteiger partial charge in [-0.05, 0) is 48.7 Å². The average molecular weight is 396 g/mol. The minimum Gasteiger partial charge on any atom is -0.493 e. The minimum absolute atomic E-state index is 0.142. The summed E-state index contributed by atoms with van der Waals surface area (Å²) in [5, 5.41) is 2.86. The van der Waals surface area contributed by atoms with Crippen molar-refractivity contribution in [2.45, 2.75) is 31.6 Å². The van der Waals surface area contributed by atoms with Crippen molar-refractivity contribution in [3.8, 4) is 5.75 Å². The van der Waals surface area contributed by atoms with Gasteiger partial charge >= 0.3 is 12.2 Å². The molecule has 2 aromatic carbocycles. The molecule has 0 saturated carbocycles. The highest BCUT2D eigenvalue weighted by Crippen LogP contribution is 2.32. The van der Waals surface area contributed by atoms with E-state index in [1.54, 1.807) is 13.1 Å². The molecule has 28 heavy (non-hydrogen) atoms. The summed E-state index contributed by atoms with van der Waals surface area (Å²) in [4.78, 5) is 13.9. The Labute approximate surface area is 160 Å². The lowest BCUT2D eigenvalue weighted by Crippen LogP contribution is -2.39. The Kier molecular flexibility index (Phi) is 5.76. The number of carbonyl (C=O) groups is 1. The first kappa shape index (κ1) is 20.0. The third-order valence-electron chi connectivity index (χ3n) is 4.59. The minimum atomic E-state index is -4.40. The zero-order valence-corrected chi connectivity index (χ0v) is 15.2. The first-order chi connectivity index (χ1) is 13.2. The molecule has 1 atom stereocenters. The molecule has 2 amide bonds. The average Bonchev–Trinajstić information content (AvgIpc) is 2.83. The molecule has 4 nitrogen and oxygen atoms in total. The van der Waals surface area contributed by atoms with Gasteiger partial charge in [0.05, 0.1) is 18.2 Å². The number of amides is 2. The number of hydrogen-bond donors (Lipinski definition) is 1. The lowest BCUT2D eigenvalue weighted by molar-refractivity contribution is -0.137. The van der Waals surface area contributed by atoms with Crippen LogP contribution in [0.4, 0.5) is 22.4 Å². The summed E-state index contributed by atoms with van der Waals surface area (Å²) in [6, 6.07) is 8.05. The Bertz CT molecular complexity index is 837. The molecule has 1 N–H and O–H groups in total. The van der Waals surface area contributed by atoms with Crippen LogP contribution in [-0.4, -0.2) is 24.6 Å². The third-order valence-corrected chi connectivity index (χ3v) is 4.59. The molecule has 0 unspecified atom stereocenters. The second kappa shape index (κ2) is 8.08. The van der Waals surface area contributed by atoms with Crippen LogP contribution in [-0.2, 0) is 12.7 Å². The summed E-state index contributed by atoms with van der Waals surface area (Å²) in [6.07, 6.45) is -3.10. The largest absolute Gasteiger partial charge is 0.493 e. The molecule has 8 heteroatoms. The Balaban J connectivity index is 1.67. The van der Waals surface area contributed by atoms with Gasteiger partial charge in [0, 0.05) is 19.2 Å². The predicted molar refractivity (Wildman–Crippen MR) is 95.3 cm³/mol. The number of fused-ring (bicyclic) bond motifs is 1. The number of benzene rings is 2. The third kappa shape index (κ3) is 4.74. The Morgan fingerprint density at radius 3 is 2.61 bits per heavy atom. The van der Waals surface area contributed by atoms with E-state index in [1.165, 1.54) is 29.2 Å². The number of nitrogens with one attached hydrogen (secondary N) is 1. The van der Waals surface area contributed by atoms with Crippen LogP contribution in [0.25, 0.3) is 0 Å². The first-order valence-electron chi connectivity index (χ1n) is 8.84. The van der Waals surface area contributed by atoms with Gasteiger partial charge in [0.15, 0.2) is 0 Å². The van der Waals surface area contributed by atoms with Crippen LogP contribution in [0.2, 0.25) is 0 Å². The Morgan fingerprint density at radius 2 is 1.93 bits per heavy atom. The van der Waals surface area contributed by atoms with E-state index >= 15 is 0 Å².